The normalized spacial score (nSPS) is 10.3. The topological polar surface area (TPSA) is 21.3 Å². The van der Waals surface area contributed by atoms with Gasteiger partial charge in [0.1, 0.15) is 12.4 Å². The Morgan fingerprint density at radius 2 is 1.90 bits per heavy atom. The highest BCUT2D eigenvalue weighted by molar-refractivity contribution is 5.35. The lowest BCUT2D eigenvalue weighted by atomic mass is 10.1. The molecule has 0 saturated carbocycles. The number of ether oxygens (including phenoxy) is 1. The van der Waals surface area contributed by atoms with E-state index in [0.29, 0.717) is 6.61 Å². The van der Waals surface area contributed by atoms with E-state index < -0.39 is 0 Å². The molecule has 0 spiro atoms. The molecule has 0 bridgehead atoms. The van der Waals surface area contributed by atoms with Gasteiger partial charge in [-0.2, -0.15) is 0 Å². The Kier molecular flexibility index (Phi) is 6.04. The third-order valence-electron chi connectivity index (χ3n) is 3.30. The highest BCUT2D eigenvalue weighted by Crippen LogP contribution is 2.20. The molecule has 0 radical (unpaired) electrons. The first kappa shape index (κ1) is 15.3. The van der Waals surface area contributed by atoms with Crippen LogP contribution in [0.3, 0.4) is 0 Å². The van der Waals surface area contributed by atoms with E-state index in [9.17, 15) is 0 Å². The predicted molar refractivity (Wildman–Crippen MR) is 88.5 cm³/mol. The van der Waals surface area contributed by atoms with Gasteiger partial charge in [-0.05, 0) is 35.7 Å². The summed E-state index contributed by atoms with van der Waals surface area (Å²) in [6, 6.07) is 16.6. The molecule has 0 unspecified atom stereocenters. The zero-order chi connectivity index (χ0) is 14.9. The van der Waals surface area contributed by atoms with Gasteiger partial charge >= 0.3 is 0 Å². The minimum Gasteiger partial charge on any atom is -0.489 e. The van der Waals surface area contributed by atoms with Crippen molar-refractivity contribution in [3.63, 3.8) is 0 Å². The maximum absolute atomic E-state index is 5.97. The van der Waals surface area contributed by atoms with Crippen LogP contribution in [0.2, 0.25) is 0 Å². The van der Waals surface area contributed by atoms with Crippen molar-refractivity contribution in [1.82, 2.24) is 5.32 Å². The van der Waals surface area contributed by atoms with Crippen LogP contribution in [-0.4, -0.2) is 6.54 Å². The monoisotopic (exact) mass is 281 g/mol. The second-order valence-corrected chi connectivity index (χ2v) is 4.99. The molecule has 2 aromatic carbocycles. The molecule has 2 heteroatoms. The third kappa shape index (κ3) is 4.76. The average Bonchev–Trinajstić information content (AvgIpc) is 2.53. The maximum Gasteiger partial charge on any atom is 0.123 e. The molecule has 2 aromatic rings. The Balaban J connectivity index is 2.01. The zero-order valence-electron chi connectivity index (χ0n) is 12.6. The number of benzene rings is 2. The molecule has 0 amide bonds. The largest absolute Gasteiger partial charge is 0.489 e. The van der Waals surface area contributed by atoms with E-state index in [1.54, 1.807) is 0 Å². The van der Waals surface area contributed by atoms with Gasteiger partial charge in [-0.3, -0.25) is 0 Å². The lowest BCUT2D eigenvalue weighted by Gasteiger charge is -2.11. The van der Waals surface area contributed by atoms with Crippen LogP contribution in [0, 0.1) is 0 Å². The van der Waals surface area contributed by atoms with Crippen LogP contribution in [0.5, 0.6) is 5.75 Å². The van der Waals surface area contributed by atoms with Crippen molar-refractivity contribution < 1.29 is 4.74 Å². The van der Waals surface area contributed by atoms with Gasteiger partial charge in [0.25, 0.3) is 0 Å². The molecule has 0 atom stereocenters. The minimum absolute atomic E-state index is 0.591. The molecule has 0 aliphatic carbocycles. The molecule has 0 aromatic heterocycles. The standard InChI is InChI=1S/C19H23NO/c1-3-8-18-11-5-6-12-19(18)21-15-17-10-7-9-16(13-17)14-20-4-2/h3,5-7,9-13,20H,1,4,8,14-15H2,2H3. The Labute approximate surface area is 127 Å². The predicted octanol–water partition coefficient (Wildman–Crippen LogP) is 4.10. The molecule has 2 nitrogen and oxygen atoms in total. The molecular formula is C19H23NO. The minimum atomic E-state index is 0.591. The fourth-order valence-corrected chi connectivity index (χ4v) is 2.23. The smallest absolute Gasteiger partial charge is 0.123 e. The molecule has 2 rings (SSSR count). The quantitative estimate of drug-likeness (QED) is 0.735. The van der Waals surface area contributed by atoms with E-state index in [4.69, 9.17) is 4.74 Å². The first-order chi connectivity index (χ1) is 10.3. The van der Waals surface area contributed by atoms with Gasteiger partial charge in [0.05, 0.1) is 0 Å². The van der Waals surface area contributed by atoms with Crippen LogP contribution in [0.15, 0.2) is 61.2 Å². The van der Waals surface area contributed by atoms with Crippen molar-refractivity contribution >= 4 is 0 Å². The van der Waals surface area contributed by atoms with E-state index in [2.05, 4.69) is 49.2 Å². The summed E-state index contributed by atoms with van der Waals surface area (Å²) in [6.07, 6.45) is 2.73. The van der Waals surface area contributed by atoms with Crippen LogP contribution < -0.4 is 10.1 Å². The molecule has 21 heavy (non-hydrogen) atoms. The summed E-state index contributed by atoms with van der Waals surface area (Å²) >= 11 is 0. The van der Waals surface area contributed by atoms with E-state index in [1.807, 2.05) is 24.3 Å². The zero-order valence-corrected chi connectivity index (χ0v) is 12.6. The Morgan fingerprint density at radius 3 is 2.71 bits per heavy atom. The highest BCUT2D eigenvalue weighted by Gasteiger charge is 2.02. The third-order valence-corrected chi connectivity index (χ3v) is 3.30. The highest BCUT2D eigenvalue weighted by atomic mass is 16.5. The Morgan fingerprint density at radius 1 is 1.10 bits per heavy atom. The summed E-state index contributed by atoms with van der Waals surface area (Å²) in [5.41, 5.74) is 3.66. The van der Waals surface area contributed by atoms with Crippen molar-refractivity contribution in [2.24, 2.45) is 0 Å². The molecule has 0 aliphatic rings. The van der Waals surface area contributed by atoms with Crippen LogP contribution in [-0.2, 0) is 19.6 Å². The summed E-state index contributed by atoms with van der Waals surface area (Å²) in [7, 11) is 0. The summed E-state index contributed by atoms with van der Waals surface area (Å²) < 4.78 is 5.97. The van der Waals surface area contributed by atoms with Crippen LogP contribution in [0.4, 0.5) is 0 Å². The second kappa shape index (κ2) is 8.28. The van der Waals surface area contributed by atoms with Crippen LogP contribution in [0.1, 0.15) is 23.6 Å². The van der Waals surface area contributed by atoms with Gasteiger partial charge in [-0.15, -0.1) is 6.58 Å². The number of allylic oxidation sites excluding steroid dienone is 1. The van der Waals surface area contributed by atoms with Gasteiger partial charge in [-0.1, -0.05) is 55.5 Å². The van der Waals surface area contributed by atoms with Gasteiger partial charge in [0, 0.05) is 6.54 Å². The van der Waals surface area contributed by atoms with Gasteiger partial charge in [0.2, 0.25) is 0 Å². The Bertz CT molecular complexity index is 577. The molecule has 0 fully saturated rings. The maximum atomic E-state index is 5.97. The first-order valence-electron chi connectivity index (χ1n) is 7.43. The van der Waals surface area contributed by atoms with Crippen LogP contribution in [0.25, 0.3) is 0 Å². The first-order valence-corrected chi connectivity index (χ1v) is 7.43. The van der Waals surface area contributed by atoms with Crippen LogP contribution >= 0.6 is 0 Å². The van der Waals surface area contributed by atoms with E-state index in [-0.39, 0.29) is 0 Å². The average molecular weight is 281 g/mol. The Hall–Kier alpha value is -2.06. The number of hydrogen-bond donors (Lipinski definition) is 1. The molecule has 0 saturated heterocycles. The van der Waals surface area contributed by atoms with Crippen molar-refractivity contribution in [2.45, 2.75) is 26.5 Å². The number of rotatable bonds is 8. The lowest BCUT2D eigenvalue weighted by Crippen LogP contribution is -2.11. The van der Waals surface area contributed by atoms with Crippen molar-refractivity contribution in [3.8, 4) is 5.75 Å². The fraction of sp³-hybridized carbons (Fsp3) is 0.263. The molecule has 0 aliphatic heterocycles. The fourth-order valence-electron chi connectivity index (χ4n) is 2.23. The molecule has 0 heterocycles. The van der Waals surface area contributed by atoms with Crippen molar-refractivity contribution in [2.75, 3.05) is 6.54 Å². The summed E-state index contributed by atoms with van der Waals surface area (Å²) in [4.78, 5) is 0. The number of nitrogens with one attached hydrogen (secondary N) is 1. The van der Waals surface area contributed by atoms with Gasteiger partial charge in [0.15, 0.2) is 0 Å². The van der Waals surface area contributed by atoms with E-state index in [0.717, 1.165) is 25.3 Å². The summed E-state index contributed by atoms with van der Waals surface area (Å²) in [5, 5.41) is 3.34. The van der Waals surface area contributed by atoms with Gasteiger partial charge < -0.3 is 10.1 Å². The van der Waals surface area contributed by atoms with Crippen molar-refractivity contribution in [3.05, 3.63) is 77.9 Å². The van der Waals surface area contributed by atoms with Gasteiger partial charge in [-0.25, -0.2) is 0 Å². The molecular weight excluding hydrogens is 258 g/mol. The number of hydrogen-bond acceptors (Lipinski definition) is 2. The van der Waals surface area contributed by atoms with E-state index in [1.165, 1.54) is 16.7 Å². The lowest BCUT2D eigenvalue weighted by molar-refractivity contribution is 0.303. The van der Waals surface area contributed by atoms with E-state index >= 15 is 0 Å². The second-order valence-electron chi connectivity index (χ2n) is 4.99. The summed E-state index contributed by atoms with van der Waals surface area (Å²) in [6.45, 7) is 8.38. The SMILES string of the molecule is C=CCc1ccccc1OCc1cccc(CNCC)c1. The summed E-state index contributed by atoms with van der Waals surface area (Å²) in [5.74, 6) is 0.939. The molecule has 1 N–H and O–H groups in total. The molecule has 110 valence electrons. The van der Waals surface area contributed by atoms with Crippen molar-refractivity contribution in [1.29, 1.82) is 0 Å². The number of para-hydroxylation sites is 1.